The fourth-order valence-corrected chi connectivity index (χ4v) is 5.34. The van der Waals surface area contributed by atoms with E-state index in [1.807, 2.05) is 20.8 Å². The number of anilines is 1. The van der Waals surface area contributed by atoms with Crippen molar-refractivity contribution in [1.29, 1.82) is 0 Å². The second-order valence-electron chi connectivity index (χ2n) is 11.1. The van der Waals surface area contributed by atoms with Crippen LogP contribution in [0.3, 0.4) is 0 Å². The lowest BCUT2D eigenvalue weighted by molar-refractivity contribution is -0.383. The van der Waals surface area contributed by atoms with Crippen LogP contribution in [0.2, 0.25) is 0 Å². The van der Waals surface area contributed by atoms with Crippen LogP contribution in [0.4, 0.5) is 11.4 Å². The Labute approximate surface area is 232 Å². The minimum Gasteiger partial charge on any atom is -0.456 e. The standard InChI is InChI=1S/C30H36N4O6/c1-17(2)13-24(29(31)36)33-30(37)21-11-9-20(10-12-21)27-16-26(35)22-14-25(34(38)39)23(15-28(22)40-27)32-18(3)19-7-5-4-6-8-19/h9-12,14-19,24,32H,4-8,13H2,1-3H3,(H2,31,36)(H,33,37)/t18-,24+/m0/s1. The molecule has 0 aliphatic heterocycles. The second kappa shape index (κ2) is 12.3. The summed E-state index contributed by atoms with van der Waals surface area (Å²) in [6, 6.07) is 9.72. The molecule has 212 valence electrons. The minimum atomic E-state index is -0.779. The number of primary amides is 1. The summed E-state index contributed by atoms with van der Waals surface area (Å²) in [5, 5.41) is 17.9. The zero-order valence-electron chi connectivity index (χ0n) is 23.1. The van der Waals surface area contributed by atoms with Gasteiger partial charge in [-0.3, -0.25) is 24.5 Å². The molecule has 1 heterocycles. The minimum absolute atomic E-state index is 0.0275. The van der Waals surface area contributed by atoms with Crippen molar-refractivity contribution in [1.82, 2.24) is 5.32 Å². The van der Waals surface area contributed by atoms with Crippen molar-refractivity contribution < 1.29 is 18.9 Å². The first-order valence-electron chi connectivity index (χ1n) is 13.8. The summed E-state index contributed by atoms with van der Waals surface area (Å²) in [6.07, 6.45) is 6.09. The van der Waals surface area contributed by atoms with Crippen molar-refractivity contribution in [3.8, 4) is 11.3 Å². The highest BCUT2D eigenvalue weighted by Crippen LogP contribution is 2.34. The van der Waals surface area contributed by atoms with E-state index in [0.717, 1.165) is 25.7 Å². The average Bonchev–Trinajstić information content (AvgIpc) is 2.92. The van der Waals surface area contributed by atoms with E-state index < -0.39 is 28.2 Å². The van der Waals surface area contributed by atoms with Gasteiger partial charge in [0.2, 0.25) is 5.91 Å². The van der Waals surface area contributed by atoms with Crippen molar-refractivity contribution in [3.63, 3.8) is 0 Å². The summed E-state index contributed by atoms with van der Waals surface area (Å²) in [5.41, 5.74) is 6.26. The molecule has 3 aromatic rings. The highest BCUT2D eigenvalue weighted by Gasteiger charge is 2.25. The SMILES string of the molecule is CC(C)C[C@@H](NC(=O)c1ccc(-c2cc(=O)c3cc([N+](=O)[O-])c(N[C@@H](C)C4CCCCC4)cc3o2)cc1)C(N)=O. The van der Waals surface area contributed by atoms with Crippen molar-refractivity contribution in [2.75, 3.05) is 5.32 Å². The molecular weight excluding hydrogens is 512 g/mol. The number of hydrogen-bond donors (Lipinski definition) is 3. The molecule has 4 rings (SSSR count). The van der Waals surface area contributed by atoms with Crippen LogP contribution >= 0.6 is 0 Å². The van der Waals surface area contributed by atoms with Crippen molar-refractivity contribution in [2.45, 2.75) is 71.4 Å². The Bertz CT molecular complexity index is 1460. The van der Waals surface area contributed by atoms with Crippen LogP contribution in [0.5, 0.6) is 0 Å². The van der Waals surface area contributed by atoms with Crippen molar-refractivity contribution >= 4 is 34.2 Å². The number of amides is 2. The first-order chi connectivity index (χ1) is 19.0. The van der Waals surface area contributed by atoms with E-state index in [9.17, 15) is 24.5 Å². The maximum Gasteiger partial charge on any atom is 0.293 e. The average molecular weight is 549 g/mol. The van der Waals surface area contributed by atoms with E-state index in [4.69, 9.17) is 10.2 Å². The second-order valence-corrected chi connectivity index (χ2v) is 11.1. The van der Waals surface area contributed by atoms with E-state index in [0.29, 0.717) is 29.2 Å². The molecule has 40 heavy (non-hydrogen) atoms. The van der Waals surface area contributed by atoms with E-state index in [2.05, 4.69) is 10.6 Å². The first kappa shape index (κ1) is 28.8. The van der Waals surface area contributed by atoms with Gasteiger partial charge in [0.25, 0.3) is 11.6 Å². The smallest absolute Gasteiger partial charge is 0.293 e. The lowest BCUT2D eigenvalue weighted by atomic mass is 9.84. The zero-order chi connectivity index (χ0) is 29.0. The van der Waals surface area contributed by atoms with E-state index in [1.165, 1.54) is 24.6 Å². The third-order valence-electron chi connectivity index (χ3n) is 7.57. The zero-order valence-corrected chi connectivity index (χ0v) is 23.1. The largest absolute Gasteiger partial charge is 0.456 e. The van der Waals surface area contributed by atoms with Gasteiger partial charge < -0.3 is 20.8 Å². The number of nitro groups is 1. The summed E-state index contributed by atoms with van der Waals surface area (Å²) in [5.74, 6) is -0.186. The van der Waals surface area contributed by atoms with E-state index >= 15 is 0 Å². The molecule has 1 fully saturated rings. The molecule has 1 aromatic heterocycles. The summed E-state index contributed by atoms with van der Waals surface area (Å²) in [7, 11) is 0. The molecule has 1 aliphatic rings. The van der Waals surface area contributed by atoms with Crippen LogP contribution in [0.25, 0.3) is 22.3 Å². The molecule has 10 nitrogen and oxygen atoms in total. The Morgan fingerprint density at radius 2 is 1.75 bits per heavy atom. The molecule has 4 N–H and O–H groups in total. The predicted octanol–water partition coefficient (Wildman–Crippen LogP) is 5.38. The molecule has 0 bridgehead atoms. The quantitative estimate of drug-likeness (QED) is 0.227. The summed E-state index contributed by atoms with van der Waals surface area (Å²) < 4.78 is 6.05. The number of nitrogens with one attached hydrogen (secondary N) is 2. The Balaban J connectivity index is 1.61. The summed E-state index contributed by atoms with van der Waals surface area (Å²) in [4.78, 5) is 48.7. The van der Waals surface area contributed by atoms with Crippen LogP contribution in [0.15, 0.2) is 51.7 Å². The van der Waals surface area contributed by atoms with E-state index in [1.54, 1.807) is 24.3 Å². The summed E-state index contributed by atoms with van der Waals surface area (Å²) >= 11 is 0. The lowest BCUT2D eigenvalue weighted by Crippen LogP contribution is -2.45. The van der Waals surface area contributed by atoms with Crippen LogP contribution in [-0.4, -0.2) is 28.8 Å². The first-order valence-corrected chi connectivity index (χ1v) is 13.8. The topological polar surface area (TPSA) is 158 Å². The van der Waals surface area contributed by atoms with E-state index in [-0.39, 0.29) is 34.4 Å². The maximum absolute atomic E-state index is 13.0. The number of benzene rings is 2. The Hall–Kier alpha value is -4.21. The van der Waals surface area contributed by atoms with Gasteiger partial charge in [0.1, 0.15) is 23.1 Å². The summed E-state index contributed by atoms with van der Waals surface area (Å²) in [6.45, 7) is 5.90. The molecule has 0 spiro atoms. The molecular formula is C30H36N4O6. The number of hydrogen-bond acceptors (Lipinski definition) is 7. The predicted molar refractivity (Wildman–Crippen MR) is 154 cm³/mol. The van der Waals surface area contributed by atoms with Crippen LogP contribution in [0.1, 0.15) is 69.7 Å². The maximum atomic E-state index is 13.0. The normalized spacial score (nSPS) is 15.5. The van der Waals surface area contributed by atoms with Crippen molar-refractivity contribution in [2.24, 2.45) is 17.6 Å². The van der Waals surface area contributed by atoms with Crippen LogP contribution < -0.4 is 21.8 Å². The molecule has 0 radical (unpaired) electrons. The van der Waals surface area contributed by atoms with Crippen LogP contribution in [-0.2, 0) is 4.79 Å². The highest BCUT2D eigenvalue weighted by atomic mass is 16.6. The Morgan fingerprint density at radius 1 is 1.07 bits per heavy atom. The molecule has 1 aliphatic carbocycles. The molecule has 2 atom stereocenters. The van der Waals surface area contributed by atoms with Crippen molar-refractivity contribution in [3.05, 3.63) is 68.4 Å². The monoisotopic (exact) mass is 548 g/mol. The molecule has 2 amide bonds. The van der Waals surface area contributed by atoms with Gasteiger partial charge in [-0.15, -0.1) is 0 Å². The number of nitrogens with two attached hydrogens (primary N) is 1. The van der Waals surface area contributed by atoms with Gasteiger partial charge in [-0.1, -0.05) is 45.2 Å². The number of fused-ring (bicyclic) bond motifs is 1. The Morgan fingerprint density at radius 3 is 2.35 bits per heavy atom. The third kappa shape index (κ3) is 6.67. The molecule has 10 heteroatoms. The van der Waals surface area contributed by atoms with Crippen LogP contribution in [0, 0.1) is 22.0 Å². The van der Waals surface area contributed by atoms with Gasteiger partial charge in [-0.2, -0.15) is 0 Å². The fourth-order valence-electron chi connectivity index (χ4n) is 5.34. The number of rotatable bonds is 10. The van der Waals surface area contributed by atoms with Gasteiger partial charge in [0.15, 0.2) is 5.43 Å². The van der Waals surface area contributed by atoms with Gasteiger partial charge in [0, 0.05) is 35.4 Å². The molecule has 0 unspecified atom stereocenters. The molecule has 1 saturated carbocycles. The van der Waals surface area contributed by atoms with Gasteiger partial charge >= 0.3 is 0 Å². The van der Waals surface area contributed by atoms with Gasteiger partial charge in [0.05, 0.1) is 10.3 Å². The van der Waals surface area contributed by atoms with Gasteiger partial charge in [-0.05, 0) is 50.2 Å². The highest BCUT2D eigenvalue weighted by molar-refractivity contribution is 5.97. The number of carbonyl (C=O) groups excluding carboxylic acids is 2. The van der Waals surface area contributed by atoms with Gasteiger partial charge in [-0.25, -0.2) is 0 Å². The number of carbonyl (C=O) groups is 2. The molecule has 0 saturated heterocycles. The Kier molecular flexibility index (Phi) is 8.86. The third-order valence-corrected chi connectivity index (χ3v) is 7.57. The fraction of sp³-hybridized carbons (Fsp3) is 0.433. The molecule has 2 aromatic carbocycles. The lowest BCUT2D eigenvalue weighted by Gasteiger charge is -2.28. The number of nitro benzene ring substituents is 1. The number of nitrogens with zero attached hydrogens (tertiary/aromatic N) is 1.